The third-order valence-electron chi connectivity index (χ3n) is 2.62. The molecule has 0 saturated heterocycles. The van der Waals surface area contributed by atoms with Gasteiger partial charge in [0.1, 0.15) is 12.3 Å². The van der Waals surface area contributed by atoms with Crippen molar-refractivity contribution in [2.24, 2.45) is 0 Å². The number of benzene rings is 1. The Bertz CT molecular complexity index is 653. The van der Waals surface area contributed by atoms with Crippen molar-refractivity contribution in [3.63, 3.8) is 0 Å². The van der Waals surface area contributed by atoms with Crippen molar-refractivity contribution in [3.8, 4) is 5.75 Å². The predicted molar refractivity (Wildman–Crippen MR) is 73.0 cm³/mol. The van der Waals surface area contributed by atoms with Gasteiger partial charge in [0.15, 0.2) is 5.69 Å². The predicted octanol–water partition coefficient (Wildman–Crippen LogP) is 0.712. The highest BCUT2D eigenvalue weighted by Gasteiger charge is 2.13. The lowest BCUT2D eigenvalue weighted by Crippen LogP contribution is -2.19. The van der Waals surface area contributed by atoms with Crippen LogP contribution in [0.15, 0.2) is 30.5 Å². The summed E-state index contributed by atoms with van der Waals surface area (Å²) in [4.78, 5) is 23.2. The van der Waals surface area contributed by atoms with E-state index in [0.29, 0.717) is 11.4 Å². The molecular formula is C13H14N4O4. The van der Waals surface area contributed by atoms with Crippen molar-refractivity contribution in [2.75, 3.05) is 19.5 Å². The summed E-state index contributed by atoms with van der Waals surface area (Å²) in [5.41, 5.74) is 0.598. The van der Waals surface area contributed by atoms with Gasteiger partial charge in [0.05, 0.1) is 26.1 Å². The van der Waals surface area contributed by atoms with Gasteiger partial charge in [-0.05, 0) is 12.1 Å². The molecule has 0 spiro atoms. The van der Waals surface area contributed by atoms with E-state index in [1.807, 2.05) is 0 Å². The van der Waals surface area contributed by atoms with Gasteiger partial charge in [-0.3, -0.25) is 4.79 Å². The van der Waals surface area contributed by atoms with Gasteiger partial charge in [0.2, 0.25) is 5.91 Å². The van der Waals surface area contributed by atoms with Crippen LogP contribution in [0.3, 0.4) is 0 Å². The maximum atomic E-state index is 11.9. The normalized spacial score (nSPS) is 10.0. The Morgan fingerprint density at radius 3 is 2.76 bits per heavy atom. The van der Waals surface area contributed by atoms with E-state index in [2.05, 4.69) is 20.4 Å². The molecule has 0 fully saturated rings. The van der Waals surface area contributed by atoms with Crippen LogP contribution in [0.25, 0.3) is 0 Å². The highest BCUT2D eigenvalue weighted by atomic mass is 16.5. The molecule has 2 rings (SSSR count). The maximum Gasteiger partial charge on any atom is 0.360 e. The number of carbonyl (C=O) groups excluding carboxylic acids is 2. The van der Waals surface area contributed by atoms with Gasteiger partial charge < -0.3 is 14.8 Å². The molecule has 0 radical (unpaired) electrons. The number of ether oxygens (including phenoxy) is 2. The fourth-order valence-corrected chi connectivity index (χ4v) is 1.66. The first-order valence-corrected chi connectivity index (χ1v) is 6.05. The lowest BCUT2D eigenvalue weighted by Gasteiger charge is -2.09. The van der Waals surface area contributed by atoms with E-state index in [-0.39, 0.29) is 18.1 Å². The first-order chi connectivity index (χ1) is 10.1. The average Bonchev–Trinajstić information content (AvgIpc) is 2.95. The van der Waals surface area contributed by atoms with E-state index in [0.717, 1.165) is 0 Å². The smallest absolute Gasteiger partial charge is 0.360 e. The van der Waals surface area contributed by atoms with Crippen molar-refractivity contribution in [3.05, 3.63) is 36.2 Å². The van der Waals surface area contributed by atoms with Gasteiger partial charge in [-0.2, -0.15) is 0 Å². The summed E-state index contributed by atoms with van der Waals surface area (Å²) in [5.74, 6) is -0.369. The molecule has 1 amide bonds. The first-order valence-electron chi connectivity index (χ1n) is 6.05. The molecule has 0 aliphatic heterocycles. The number of esters is 1. The number of hydrogen-bond acceptors (Lipinski definition) is 6. The van der Waals surface area contributed by atoms with Gasteiger partial charge in [0.25, 0.3) is 0 Å². The summed E-state index contributed by atoms with van der Waals surface area (Å²) in [7, 11) is 2.76. The minimum absolute atomic E-state index is 0.0441. The number of rotatable bonds is 5. The maximum absolute atomic E-state index is 11.9. The van der Waals surface area contributed by atoms with Gasteiger partial charge >= 0.3 is 5.97 Å². The molecule has 0 atom stereocenters. The summed E-state index contributed by atoms with van der Waals surface area (Å²) >= 11 is 0. The molecule has 1 aromatic carbocycles. The third-order valence-corrected chi connectivity index (χ3v) is 2.62. The van der Waals surface area contributed by atoms with Crippen molar-refractivity contribution in [1.82, 2.24) is 15.0 Å². The molecule has 8 heteroatoms. The molecule has 1 N–H and O–H groups in total. The lowest BCUT2D eigenvalue weighted by molar-refractivity contribution is -0.116. The van der Waals surface area contributed by atoms with E-state index in [9.17, 15) is 9.59 Å². The fourth-order valence-electron chi connectivity index (χ4n) is 1.66. The van der Waals surface area contributed by atoms with Crippen LogP contribution in [-0.2, 0) is 16.1 Å². The van der Waals surface area contributed by atoms with E-state index in [1.165, 1.54) is 25.1 Å². The van der Waals surface area contributed by atoms with E-state index < -0.39 is 5.97 Å². The highest BCUT2D eigenvalue weighted by molar-refractivity contribution is 5.92. The van der Waals surface area contributed by atoms with Crippen molar-refractivity contribution in [2.45, 2.75) is 6.54 Å². The Balaban J connectivity index is 2.01. The van der Waals surface area contributed by atoms with Crippen LogP contribution in [0.1, 0.15) is 10.5 Å². The quantitative estimate of drug-likeness (QED) is 0.815. The molecule has 1 heterocycles. The van der Waals surface area contributed by atoms with Crippen LogP contribution in [0.4, 0.5) is 5.69 Å². The van der Waals surface area contributed by atoms with Gasteiger partial charge in [-0.15, -0.1) is 5.10 Å². The van der Waals surface area contributed by atoms with Crippen LogP contribution in [0, 0.1) is 0 Å². The van der Waals surface area contributed by atoms with Gasteiger partial charge in [-0.1, -0.05) is 17.3 Å². The molecule has 0 aliphatic carbocycles. The number of carbonyl (C=O) groups is 2. The summed E-state index contributed by atoms with van der Waals surface area (Å²) in [6.07, 6.45) is 1.34. The van der Waals surface area contributed by atoms with Crippen LogP contribution >= 0.6 is 0 Å². The number of nitrogens with one attached hydrogen (secondary N) is 1. The van der Waals surface area contributed by atoms with Crippen LogP contribution in [0.2, 0.25) is 0 Å². The number of para-hydroxylation sites is 2. The lowest BCUT2D eigenvalue weighted by atomic mass is 10.3. The zero-order valence-corrected chi connectivity index (χ0v) is 11.6. The number of methoxy groups -OCH3 is 2. The zero-order valence-electron chi connectivity index (χ0n) is 11.6. The molecule has 2 aromatic rings. The summed E-state index contributed by atoms with van der Waals surface area (Å²) in [6.45, 7) is -0.0813. The Labute approximate surface area is 120 Å². The molecule has 8 nitrogen and oxygen atoms in total. The summed E-state index contributed by atoms with van der Waals surface area (Å²) in [6, 6.07) is 7.04. The highest BCUT2D eigenvalue weighted by Crippen LogP contribution is 2.22. The van der Waals surface area contributed by atoms with Gasteiger partial charge in [0, 0.05) is 0 Å². The van der Waals surface area contributed by atoms with Crippen LogP contribution in [0.5, 0.6) is 5.75 Å². The number of hydrogen-bond donors (Lipinski definition) is 1. The minimum Gasteiger partial charge on any atom is -0.495 e. The molecule has 0 saturated carbocycles. The molecule has 110 valence electrons. The Morgan fingerprint density at radius 2 is 2.05 bits per heavy atom. The van der Waals surface area contributed by atoms with Crippen molar-refractivity contribution >= 4 is 17.6 Å². The minimum atomic E-state index is -0.605. The van der Waals surface area contributed by atoms with Crippen molar-refractivity contribution in [1.29, 1.82) is 0 Å². The second-order valence-electron chi connectivity index (χ2n) is 4.04. The first kappa shape index (κ1) is 14.5. The van der Waals surface area contributed by atoms with Crippen molar-refractivity contribution < 1.29 is 19.1 Å². The average molecular weight is 290 g/mol. The molecular weight excluding hydrogens is 276 g/mol. The number of nitrogens with zero attached hydrogens (tertiary/aromatic N) is 3. The largest absolute Gasteiger partial charge is 0.495 e. The molecule has 0 bridgehead atoms. The van der Waals surface area contributed by atoms with Crippen LogP contribution < -0.4 is 10.1 Å². The Morgan fingerprint density at radius 1 is 1.29 bits per heavy atom. The molecule has 0 aliphatic rings. The van der Waals surface area contributed by atoms with E-state index in [1.54, 1.807) is 24.3 Å². The standard InChI is InChI=1S/C13H14N4O4/c1-20-11-6-4-3-5-9(11)14-12(18)8-17-7-10(15-16-17)13(19)21-2/h3-7H,8H2,1-2H3,(H,14,18). The number of amides is 1. The number of aromatic nitrogens is 3. The zero-order chi connectivity index (χ0) is 15.2. The molecule has 0 unspecified atom stereocenters. The molecule has 1 aromatic heterocycles. The second kappa shape index (κ2) is 6.51. The summed E-state index contributed by atoms with van der Waals surface area (Å²) in [5, 5.41) is 9.99. The summed E-state index contributed by atoms with van der Waals surface area (Å²) < 4.78 is 10.9. The number of anilines is 1. The Hall–Kier alpha value is -2.90. The van der Waals surface area contributed by atoms with Crippen LogP contribution in [-0.4, -0.2) is 41.1 Å². The second-order valence-corrected chi connectivity index (χ2v) is 4.04. The monoisotopic (exact) mass is 290 g/mol. The Kier molecular flexibility index (Phi) is 4.50. The van der Waals surface area contributed by atoms with E-state index >= 15 is 0 Å². The third kappa shape index (κ3) is 3.56. The van der Waals surface area contributed by atoms with Gasteiger partial charge in [-0.25, -0.2) is 9.48 Å². The topological polar surface area (TPSA) is 95.3 Å². The fraction of sp³-hybridized carbons (Fsp3) is 0.231. The van der Waals surface area contributed by atoms with E-state index in [4.69, 9.17) is 4.74 Å². The molecule has 21 heavy (non-hydrogen) atoms. The SMILES string of the molecule is COC(=O)c1cn(CC(=O)Nc2ccccc2OC)nn1.